The number of hydrogen-bond acceptors (Lipinski definition) is 5. The Morgan fingerprint density at radius 1 is 1.20 bits per heavy atom. The molecule has 2 amide bonds. The van der Waals surface area contributed by atoms with Crippen LogP contribution in [0.3, 0.4) is 0 Å². The van der Waals surface area contributed by atoms with E-state index in [0.29, 0.717) is 44.7 Å². The van der Waals surface area contributed by atoms with Crippen molar-refractivity contribution >= 4 is 56.5 Å². The number of benzene rings is 2. The molecule has 1 aliphatic rings. The van der Waals surface area contributed by atoms with Crippen LogP contribution >= 0.6 is 39.3 Å². The molecule has 8 heteroatoms. The third kappa shape index (κ3) is 5.20. The van der Waals surface area contributed by atoms with Gasteiger partial charge in [-0.05, 0) is 60.2 Å². The lowest BCUT2D eigenvalue weighted by molar-refractivity contribution is -0.122. The number of imide groups is 1. The fraction of sp³-hybridized carbons (Fsp3) is 0.182. The zero-order valence-corrected chi connectivity index (χ0v) is 19.1. The monoisotopic (exact) mass is 505 g/mol. The zero-order chi connectivity index (χ0) is 21.7. The molecule has 0 bridgehead atoms. The second-order valence-corrected chi connectivity index (χ2v) is 8.42. The Hall–Kier alpha value is -2.40. The van der Waals surface area contributed by atoms with Crippen LogP contribution in [0.15, 0.2) is 45.8 Å². The predicted molar refractivity (Wildman–Crippen MR) is 123 cm³/mol. The van der Waals surface area contributed by atoms with E-state index < -0.39 is 5.91 Å². The molecule has 1 heterocycles. The fourth-order valence-electron chi connectivity index (χ4n) is 2.65. The highest BCUT2D eigenvalue weighted by atomic mass is 79.9. The third-order valence-corrected chi connectivity index (χ3v) is 5.93. The van der Waals surface area contributed by atoms with Crippen LogP contribution in [0, 0.1) is 12.3 Å². The van der Waals surface area contributed by atoms with Crippen molar-refractivity contribution in [2.24, 2.45) is 0 Å². The highest BCUT2D eigenvalue weighted by Gasteiger charge is 2.34. The summed E-state index contributed by atoms with van der Waals surface area (Å²) in [6, 6.07) is 10.9. The maximum absolute atomic E-state index is 12.4. The van der Waals surface area contributed by atoms with Crippen LogP contribution in [0.1, 0.15) is 18.1 Å². The van der Waals surface area contributed by atoms with Crippen LogP contribution in [0.5, 0.6) is 11.5 Å². The van der Waals surface area contributed by atoms with Crippen LogP contribution in [0.4, 0.5) is 4.79 Å². The van der Waals surface area contributed by atoms with Crippen molar-refractivity contribution in [3.05, 3.63) is 61.9 Å². The SMILES string of the molecule is C#CCN1C(=O)S/C(=C/c2cc(OCC)c(OCc3ccc(Cl)cc3)cc2Br)C1=O. The Bertz CT molecular complexity index is 1050. The summed E-state index contributed by atoms with van der Waals surface area (Å²) >= 11 is 10.3. The van der Waals surface area contributed by atoms with E-state index in [2.05, 4.69) is 21.9 Å². The van der Waals surface area contributed by atoms with Gasteiger partial charge in [0.15, 0.2) is 11.5 Å². The van der Waals surface area contributed by atoms with Crippen molar-refractivity contribution in [1.82, 2.24) is 4.90 Å². The molecule has 5 nitrogen and oxygen atoms in total. The van der Waals surface area contributed by atoms with E-state index in [4.69, 9.17) is 27.5 Å². The van der Waals surface area contributed by atoms with E-state index in [0.717, 1.165) is 22.2 Å². The fourth-order valence-corrected chi connectivity index (χ4v) is 4.05. The van der Waals surface area contributed by atoms with Gasteiger partial charge in [-0.25, -0.2) is 0 Å². The number of terminal acetylenes is 1. The minimum Gasteiger partial charge on any atom is -0.490 e. The lowest BCUT2D eigenvalue weighted by atomic mass is 10.1. The molecule has 1 saturated heterocycles. The molecular weight excluding hydrogens is 490 g/mol. The molecule has 0 unspecified atom stereocenters. The Morgan fingerprint density at radius 3 is 2.57 bits per heavy atom. The predicted octanol–water partition coefficient (Wildman–Crippen LogP) is 5.75. The Balaban J connectivity index is 1.86. The first-order chi connectivity index (χ1) is 14.4. The molecule has 0 spiro atoms. The number of hydrogen-bond donors (Lipinski definition) is 0. The molecule has 0 saturated carbocycles. The average Bonchev–Trinajstić information content (AvgIpc) is 2.98. The summed E-state index contributed by atoms with van der Waals surface area (Å²) in [7, 11) is 0. The molecule has 2 aromatic carbocycles. The Kier molecular flexibility index (Phi) is 7.48. The molecule has 1 fully saturated rings. The summed E-state index contributed by atoms with van der Waals surface area (Å²) < 4.78 is 12.3. The first-order valence-corrected chi connectivity index (χ1v) is 10.9. The van der Waals surface area contributed by atoms with Gasteiger partial charge in [0.2, 0.25) is 0 Å². The van der Waals surface area contributed by atoms with Crippen LogP contribution < -0.4 is 9.47 Å². The van der Waals surface area contributed by atoms with Crippen LogP contribution in [-0.4, -0.2) is 29.2 Å². The van der Waals surface area contributed by atoms with Crippen LogP contribution in [-0.2, 0) is 11.4 Å². The molecule has 3 rings (SSSR count). The summed E-state index contributed by atoms with van der Waals surface area (Å²) in [4.78, 5) is 25.8. The van der Waals surface area contributed by atoms with Gasteiger partial charge in [-0.1, -0.05) is 45.6 Å². The molecule has 154 valence electrons. The van der Waals surface area contributed by atoms with Crippen LogP contribution in [0.2, 0.25) is 5.02 Å². The van der Waals surface area contributed by atoms with Gasteiger partial charge in [0.05, 0.1) is 18.1 Å². The van der Waals surface area contributed by atoms with E-state index in [1.165, 1.54) is 0 Å². The largest absolute Gasteiger partial charge is 0.490 e. The van der Waals surface area contributed by atoms with Crippen molar-refractivity contribution in [1.29, 1.82) is 0 Å². The minimum atomic E-state index is -0.407. The van der Waals surface area contributed by atoms with Crippen molar-refractivity contribution in [3.63, 3.8) is 0 Å². The smallest absolute Gasteiger partial charge is 0.294 e. The van der Waals surface area contributed by atoms with Gasteiger partial charge < -0.3 is 9.47 Å². The molecule has 30 heavy (non-hydrogen) atoms. The van der Waals surface area contributed by atoms with Crippen LogP contribution in [0.25, 0.3) is 6.08 Å². The molecular formula is C22H17BrClNO4S. The number of ether oxygens (including phenoxy) is 2. The number of amides is 2. The normalized spacial score (nSPS) is 14.9. The van der Waals surface area contributed by atoms with Gasteiger partial charge in [-0.2, -0.15) is 0 Å². The number of nitrogens with zero attached hydrogens (tertiary/aromatic N) is 1. The summed E-state index contributed by atoms with van der Waals surface area (Å²) in [5.74, 6) is 3.00. The molecule has 0 radical (unpaired) electrons. The first kappa shape index (κ1) is 22.3. The Morgan fingerprint density at radius 2 is 1.90 bits per heavy atom. The minimum absolute atomic E-state index is 0.0507. The van der Waals surface area contributed by atoms with E-state index in [1.807, 2.05) is 19.1 Å². The molecule has 0 atom stereocenters. The first-order valence-electron chi connectivity index (χ1n) is 8.95. The highest BCUT2D eigenvalue weighted by Crippen LogP contribution is 2.38. The number of halogens is 2. The number of rotatable bonds is 7. The lowest BCUT2D eigenvalue weighted by Gasteiger charge is -2.14. The van der Waals surface area contributed by atoms with Crippen molar-refractivity contribution in [3.8, 4) is 23.8 Å². The second-order valence-electron chi connectivity index (χ2n) is 6.14. The standard InChI is InChI=1S/C22H17BrClNO4S/c1-3-9-25-21(26)20(30-22(25)27)11-15-10-18(28-4-2)19(12-17(15)23)29-13-14-5-7-16(24)8-6-14/h1,5-8,10-12H,4,9,13H2,2H3/b20-11+. The van der Waals surface area contributed by atoms with Crippen molar-refractivity contribution in [2.45, 2.75) is 13.5 Å². The van der Waals surface area contributed by atoms with Gasteiger partial charge in [0.1, 0.15) is 6.61 Å². The highest BCUT2D eigenvalue weighted by molar-refractivity contribution is 9.10. The zero-order valence-electron chi connectivity index (χ0n) is 16.0. The quantitative estimate of drug-likeness (QED) is 0.353. The molecule has 0 aromatic heterocycles. The van der Waals surface area contributed by atoms with Crippen molar-refractivity contribution < 1.29 is 19.1 Å². The summed E-state index contributed by atoms with van der Waals surface area (Å²) in [6.07, 6.45) is 6.87. The van der Waals surface area contributed by atoms with E-state index in [1.54, 1.807) is 30.3 Å². The van der Waals surface area contributed by atoms with Crippen molar-refractivity contribution in [2.75, 3.05) is 13.2 Å². The molecule has 2 aromatic rings. The maximum atomic E-state index is 12.4. The summed E-state index contributed by atoms with van der Waals surface area (Å²) in [5.41, 5.74) is 1.65. The second kappa shape index (κ2) is 10.1. The van der Waals surface area contributed by atoms with Gasteiger partial charge in [0, 0.05) is 9.50 Å². The third-order valence-electron chi connectivity index (χ3n) is 4.08. The van der Waals surface area contributed by atoms with E-state index in [-0.39, 0.29) is 11.8 Å². The number of carbonyl (C=O) groups is 2. The molecule has 0 aliphatic carbocycles. The van der Waals surface area contributed by atoms with Gasteiger partial charge >= 0.3 is 0 Å². The van der Waals surface area contributed by atoms with Gasteiger partial charge in [0.25, 0.3) is 11.1 Å². The number of carbonyl (C=O) groups excluding carboxylic acids is 2. The van der Waals surface area contributed by atoms with Gasteiger partial charge in [-0.3, -0.25) is 14.5 Å². The average molecular weight is 507 g/mol. The summed E-state index contributed by atoms with van der Waals surface area (Å²) in [6.45, 7) is 2.60. The van der Waals surface area contributed by atoms with Gasteiger partial charge in [-0.15, -0.1) is 6.42 Å². The molecule has 0 N–H and O–H groups in total. The number of thioether (sulfide) groups is 1. The summed E-state index contributed by atoms with van der Waals surface area (Å²) in [5, 5.41) is 0.279. The maximum Gasteiger partial charge on any atom is 0.294 e. The topological polar surface area (TPSA) is 55.8 Å². The lowest BCUT2D eigenvalue weighted by Crippen LogP contribution is -2.28. The molecule has 1 aliphatic heterocycles. The van der Waals surface area contributed by atoms with E-state index >= 15 is 0 Å². The Labute approximate surface area is 192 Å². The van der Waals surface area contributed by atoms with E-state index in [9.17, 15) is 9.59 Å².